The minimum absolute atomic E-state index is 0.291. The van der Waals surface area contributed by atoms with Gasteiger partial charge in [0.1, 0.15) is 11.3 Å². The van der Waals surface area contributed by atoms with Gasteiger partial charge in [0, 0.05) is 11.4 Å². The Morgan fingerprint density at radius 3 is 2.55 bits per heavy atom. The standard InChI is InChI=1S/C15H13N3O2/c1-20-13-4-2-3-12(17)14(13)15(19)18-11-7-5-10(9-16)6-8-11/h2-8H,17H2,1H3,(H,18,19). The number of nitriles is 1. The van der Waals surface area contributed by atoms with Gasteiger partial charge in [0.15, 0.2) is 0 Å². The Hall–Kier alpha value is -3.00. The molecule has 0 aliphatic rings. The molecule has 0 radical (unpaired) electrons. The lowest BCUT2D eigenvalue weighted by Gasteiger charge is -2.11. The fraction of sp³-hybridized carbons (Fsp3) is 0.0667. The van der Waals surface area contributed by atoms with Gasteiger partial charge in [-0.15, -0.1) is 0 Å². The van der Waals surface area contributed by atoms with Crippen LogP contribution in [0.3, 0.4) is 0 Å². The third-order valence-electron chi connectivity index (χ3n) is 2.78. The quantitative estimate of drug-likeness (QED) is 0.836. The predicted octanol–water partition coefficient (Wildman–Crippen LogP) is 2.40. The Balaban J connectivity index is 2.26. The molecule has 0 saturated carbocycles. The predicted molar refractivity (Wildman–Crippen MR) is 76.5 cm³/mol. The molecule has 2 aromatic carbocycles. The summed E-state index contributed by atoms with van der Waals surface area (Å²) in [5.74, 6) is 0.0563. The van der Waals surface area contributed by atoms with Crippen molar-refractivity contribution in [1.82, 2.24) is 0 Å². The van der Waals surface area contributed by atoms with Gasteiger partial charge in [-0.25, -0.2) is 0 Å². The fourth-order valence-corrected chi connectivity index (χ4v) is 1.78. The van der Waals surface area contributed by atoms with E-state index in [4.69, 9.17) is 15.7 Å². The van der Waals surface area contributed by atoms with E-state index in [1.807, 2.05) is 6.07 Å². The van der Waals surface area contributed by atoms with Gasteiger partial charge in [-0.2, -0.15) is 5.26 Å². The molecule has 5 heteroatoms. The Bertz CT molecular complexity index is 673. The summed E-state index contributed by atoms with van der Waals surface area (Å²) in [6.07, 6.45) is 0. The van der Waals surface area contributed by atoms with Crippen molar-refractivity contribution in [3.8, 4) is 11.8 Å². The Morgan fingerprint density at radius 2 is 1.95 bits per heavy atom. The van der Waals surface area contributed by atoms with Crippen LogP contribution in [0.25, 0.3) is 0 Å². The maximum atomic E-state index is 12.2. The number of amides is 1. The number of anilines is 2. The number of benzene rings is 2. The van der Waals surface area contributed by atoms with Gasteiger partial charge in [-0.1, -0.05) is 6.07 Å². The molecule has 0 atom stereocenters. The SMILES string of the molecule is COc1cccc(N)c1C(=O)Nc1ccc(C#N)cc1. The van der Waals surface area contributed by atoms with E-state index >= 15 is 0 Å². The summed E-state index contributed by atoms with van der Waals surface area (Å²) in [5.41, 5.74) is 7.56. The number of hydrogen-bond donors (Lipinski definition) is 2. The molecule has 0 spiro atoms. The number of hydrogen-bond acceptors (Lipinski definition) is 4. The third-order valence-corrected chi connectivity index (χ3v) is 2.78. The molecule has 20 heavy (non-hydrogen) atoms. The topological polar surface area (TPSA) is 88.1 Å². The van der Waals surface area contributed by atoms with E-state index in [9.17, 15) is 4.79 Å². The lowest BCUT2D eigenvalue weighted by Crippen LogP contribution is -2.15. The lowest BCUT2D eigenvalue weighted by atomic mass is 10.1. The molecule has 0 fully saturated rings. The molecule has 100 valence electrons. The molecule has 0 aliphatic carbocycles. The first-order valence-electron chi connectivity index (χ1n) is 5.89. The van der Waals surface area contributed by atoms with Crippen molar-refractivity contribution >= 4 is 17.3 Å². The van der Waals surface area contributed by atoms with Crippen molar-refractivity contribution in [2.24, 2.45) is 0 Å². The molecule has 2 aromatic rings. The number of nitrogens with one attached hydrogen (secondary N) is 1. The highest BCUT2D eigenvalue weighted by Gasteiger charge is 2.15. The fourth-order valence-electron chi connectivity index (χ4n) is 1.78. The number of nitrogen functional groups attached to an aromatic ring is 1. The summed E-state index contributed by atoms with van der Waals surface area (Å²) in [7, 11) is 1.48. The third kappa shape index (κ3) is 2.70. The van der Waals surface area contributed by atoms with Gasteiger partial charge < -0.3 is 15.8 Å². The van der Waals surface area contributed by atoms with Gasteiger partial charge in [0.05, 0.1) is 18.7 Å². The summed E-state index contributed by atoms with van der Waals surface area (Å²) in [6, 6.07) is 13.6. The Labute approximate surface area is 116 Å². The molecule has 1 amide bonds. The van der Waals surface area contributed by atoms with Crippen molar-refractivity contribution in [3.63, 3.8) is 0 Å². The summed E-state index contributed by atoms with van der Waals surface area (Å²) in [6.45, 7) is 0. The van der Waals surface area contributed by atoms with Gasteiger partial charge in [-0.05, 0) is 36.4 Å². The molecular weight excluding hydrogens is 254 g/mol. The van der Waals surface area contributed by atoms with Gasteiger partial charge in [-0.3, -0.25) is 4.79 Å². The smallest absolute Gasteiger partial charge is 0.261 e. The van der Waals surface area contributed by atoms with Crippen LogP contribution in [0.1, 0.15) is 15.9 Å². The summed E-state index contributed by atoms with van der Waals surface area (Å²) >= 11 is 0. The number of methoxy groups -OCH3 is 1. The monoisotopic (exact) mass is 267 g/mol. The molecule has 0 heterocycles. The second kappa shape index (κ2) is 5.76. The molecule has 0 unspecified atom stereocenters. The minimum Gasteiger partial charge on any atom is -0.496 e. The van der Waals surface area contributed by atoms with Crippen molar-refractivity contribution in [1.29, 1.82) is 5.26 Å². The Morgan fingerprint density at radius 1 is 1.25 bits per heavy atom. The van der Waals surface area contributed by atoms with Crippen LogP contribution in [0.15, 0.2) is 42.5 Å². The second-order valence-electron chi connectivity index (χ2n) is 4.07. The number of nitrogens with two attached hydrogens (primary N) is 1. The van der Waals surface area contributed by atoms with E-state index in [0.29, 0.717) is 28.3 Å². The molecule has 0 aromatic heterocycles. The minimum atomic E-state index is -0.357. The van der Waals surface area contributed by atoms with Crippen LogP contribution in [-0.4, -0.2) is 13.0 Å². The van der Waals surface area contributed by atoms with Crippen LogP contribution >= 0.6 is 0 Å². The van der Waals surface area contributed by atoms with E-state index in [0.717, 1.165) is 0 Å². The van der Waals surface area contributed by atoms with Crippen molar-refractivity contribution in [2.45, 2.75) is 0 Å². The van der Waals surface area contributed by atoms with Crippen molar-refractivity contribution in [2.75, 3.05) is 18.2 Å². The first kappa shape index (κ1) is 13.4. The molecule has 0 saturated heterocycles. The van der Waals surface area contributed by atoms with E-state index < -0.39 is 0 Å². The first-order chi connectivity index (χ1) is 9.65. The van der Waals surface area contributed by atoms with Gasteiger partial charge in [0.25, 0.3) is 5.91 Å². The molecule has 0 aliphatic heterocycles. The highest BCUT2D eigenvalue weighted by molar-refractivity contribution is 6.09. The van der Waals surface area contributed by atoms with Crippen LogP contribution in [0, 0.1) is 11.3 Å². The first-order valence-corrected chi connectivity index (χ1v) is 5.89. The number of carbonyl (C=O) groups excluding carboxylic acids is 1. The molecule has 0 bridgehead atoms. The van der Waals surface area contributed by atoms with Crippen LogP contribution in [0.4, 0.5) is 11.4 Å². The number of carbonyl (C=O) groups is 1. The van der Waals surface area contributed by atoms with Crippen molar-refractivity contribution in [3.05, 3.63) is 53.6 Å². The highest BCUT2D eigenvalue weighted by Crippen LogP contribution is 2.25. The molecule has 3 N–H and O–H groups in total. The highest BCUT2D eigenvalue weighted by atomic mass is 16.5. The zero-order chi connectivity index (χ0) is 14.5. The van der Waals surface area contributed by atoms with Gasteiger partial charge in [0.2, 0.25) is 0 Å². The van der Waals surface area contributed by atoms with Crippen LogP contribution < -0.4 is 15.8 Å². The second-order valence-corrected chi connectivity index (χ2v) is 4.07. The normalized spacial score (nSPS) is 9.60. The Kier molecular flexibility index (Phi) is 3.87. The van der Waals surface area contributed by atoms with Crippen LogP contribution in [0.5, 0.6) is 5.75 Å². The zero-order valence-corrected chi connectivity index (χ0v) is 10.9. The largest absolute Gasteiger partial charge is 0.496 e. The number of nitrogens with zero attached hydrogens (tertiary/aromatic N) is 1. The summed E-state index contributed by atoms with van der Waals surface area (Å²) in [5, 5.41) is 11.4. The van der Waals surface area contributed by atoms with Crippen molar-refractivity contribution < 1.29 is 9.53 Å². The summed E-state index contributed by atoms with van der Waals surface area (Å²) in [4.78, 5) is 12.2. The van der Waals surface area contributed by atoms with Crippen LogP contribution in [0.2, 0.25) is 0 Å². The van der Waals surface area contributed by atoms with E-state index in [1.165, 1.54) is 7.11 Å². The molecule has 5 nitrogen and oxygen atoms in total. The maximum Gasteiger partial charge on any atom is 0.261 e. The average Bonchev–Trinajstić information content (AvgIpc) is 2.47. The van der Waals surface area contributed by atoms with E-state index in [1.54, 1.807) is 42.5 Å². The van der Waals surface area contributed by atoms with E-state index in [2.05, 4.69) is 5.32 Å². The maximum absolute atomic E-state index is 12.2. The molecule has 2 rings (SSSR count). The lowest BCUT2D eigenvalue weighted by molar-refractivity contribution is 0.102. The molecular formula is C15H13N3O2. The number of rotatable bonds is 3. The summed E-state index contributed by atoms with van der Waals surface area (Å²) < 4.78 is 5.14. The van der Waals surface area contributed by atoms with Gasteiger partial charge >= 0.3 is 0 Å². The van der Waals surface area contributed by atoms with E-state index in [-0.39, 0.29) is 5.91 Å². The van der Waals surface area contributed by atoms with Crippen LogP contribution in [-0.2, 0) is 0 Å². The zero-order valence-electron chi connectivity index (χ0n) is 10.9. The average molecular weight is 267 g/mol. The number of ether oxygens (including phenoxy) is 1.